The van der Waals surface area contributed by atoms with Crippen LogP contribution in [0, 0.1) is 0 Å². The molecule has 1 aromatic carbocycles. The Labute approximate surface area is 150 Å². The zero-order valence-corrected chi connectivity index (χ0v) is 15.8. The summed E-state index contributed by atoms with van der Waals surface area (Å²) in [6.07, 6.45) is 3.86. The van der Waals surface area contributed by atoms with Crippen LogP contribution < -0.4 is 10.6 Å². The molecule has 0 bridgehead atoms. The molecule has 0 saturated heterocycles. The molecule has 1 atom stereocenters. The van der Waals surface area contributed by atoms with Crippen LogP contribution in [0.1, 0.15) is 16.8 Å². The number of nitrogens with zero attached hydrogens (tertiary/aromatic N) is 2. The lowest BCUT2D eigenvalue weighted by molar-refractivity contribution is 0.681. The lowest BCUT2D eigenvalue weighted by atomic mass is 10.4. The van der Waals surface area contributed by atoms with Gasteiger partial charge in [-0.1, -0.05) is 25.1 Å². The summed E-state index contributed by atoms with van der Waals surface area (Å²) in [5.41, 5.74) is 0. The van der Waals surface area contributed by atoms with E-state index in [4.69, 9.17) is 0 Å². The predicted octanol–water partition coefficient (Wildman–Crippen LogP) is 2.22. The third kappa shape index (κ3) is 6.05. The number of aromatic nitrogens is 1. The molecule has 1 aromatic heterocycles. The maximum atomic E-state index is 12.1. The Morgan fingerprint density at radius 2 is 2.00 bits per heavy atom. The zero-order valence-electron chi connectivity index (χ0n) is 14.1. The van der Waals surface area contributed by atoms with E-state index in [1.165, 1.54) is 4.88 Å². The van der Waals surface area contributed by atoms with Crippen molar-refractivity contribution in [2.24, 2.45) is 4.99 Å². The van der Waals surface area contributed by atoms with Gasteiger partial charge in [0.05, 0.1) is 15.8 Å². The van der Waals surface area contributed by atoms with Gasteiger partial charge in [0, 0.05) is 48.3 Å². The fraction of sp³-hybridized carbons (Fsp3) is 0.412. The van der Waals surface area contributed by atoms with Gasteiger partial charge in [-0.2, -0.15) is 0 Å². The third-order valence-corrected chi connectivity index (χ3v) is 5.97. The van der Waals surface area contributed by atoms with Crippen LogP contribution in [0.4, 0.5) is 0 Å². The summed E-state index contributed by atoms with van der Waals surface area (Å²) in [7, 11) is 0.749. The minimum absolute atomic E-state index is 0.553. The van der Waals surface area contributed by atoms with E-state index in [9.17, 15) is 4.21 Å². The summed E-state index contributed by atoms with van der Waals surface area (Å²) in [5.74, 6) is 1.28. The average molecular weight is 365 g/mol. The van der Waals surface area contributed by atoms with Crippen molar-refractivity contribution in [2.75, 3.05) is 25.9 Å². The monoisotopic (exact) mass is 364 g/mol. The molecule has 130 valence electrons. The minimum atomic E-state index is -0.989. The van der Waals surface area contributed by atoms with Crippen molar-refractivity contribution in [2.45, 2.75) is 24.7 Å². The number of benzene rings is 1. The quantitative estimate of drug-likeness (QED) is 0.557. The molecule has 1 heterocycles. The lowest BCUT2D eigenvalue weighted by Crippen LogP contribution is -2.40. The SMILES string of the molecule is CCc1cnc(CCNC(=NC)NCCS(=O)c2ccccc2)s1. The number of aliphatic imine (C=N–C) groups is 1. The van der Waals surface area contributed by atoms with E-state index in [0.717, 1.165) is 35.2 Å². The molecule has 1 unspecified atom stereocenters. The van der Waals surface area contributed by atoms with E-state index in [-0.39, 0.29) is 0 Å². The number of hydrogen-bond acceptors (Lipinski definition) is 4. The summed E-state index contributed by atoms with van der Waals surface area (Å²) in [4.78, 5) is 10.8. The van der Waals surface area contributed by atoms with E-state index >= 15 is 0 Å². The topological polar surface area (TPSA) is 66.4 Å². The molecule has 5 nitrogen and oxygen atoms in total. The standard InChI is InChI=1S/C17H24N4OS2/c1-3-14-13-21-16(23-14)9-10-19-17(18-2)20-11-12-24(22)15-7-5-4-6-8-15/h4-8,13H,3,9-12H2,1-2H3,(H2,18,19,20). The molecule has 0 aliphatic rings. The van der Waals surface area contributed by atoms with Gasteiger partial charge in [0.25, 0.3) is 0 Å². The largest absolute Gasteiger partial charge is 0.356 e. The van der Waals surface area contributed by atoms with Gasteiger partial charge in [-0.15, -0.1) is 11.3 Å². The summed E-state index contributed by atoms with van der Waals surface area (Å²) in [6, 6.07) is 9.52. The van der Waals surface area contributed by atoms with Gasteiger partial charge in [-0.25, -0.2) is 4.98 Å². The summed E-state index contributed by atoms with van der Waals surface area (Å²) >= 11 is 1.76. The van der Waals surface area contributed by atoms with Crippen molar-refractivity contribution in [3.05, 3.63) is 46.4 Å². The van der Waals surface area contributed by atoms with Gasteiger partial charge in [-0.05, 0) is 18.6 Å². The molecule has 0 saturated carbocycles. The van der Waals surface area contributed by atoms with Gasteiger partial charge in [-0.3, -0.25) is 9.20 Å². The van der Waals surface area contributed by atoms with E-state index in [2.05, 4.69) is 27.5 Å². The third-order valence-electron chi connectivity index (χ3n) is 3.39. The molecule has 2 rings (SSSR count). The molecule has 2 aromatic rings. The second-order valence-electron chi connectivity index (χ2n) is 5.11. The average Bonchev–Trinajstić information content (AvgIpc) is 3.09. The zero-order chi connectivity index (χ0) is 17.2. The van der Waals surface area contributed by atoms with Crippen LogP contribution in [-0.4, -0.2) is 41.0 Å². The first-order chi connectivity index (χ1) is 11.7. The molecule has 0 aliphatic heterocycles. The van der Waals surface area contributed by atoms with Crippen LogP contribution in [0.5, 0.6) is 0 Å². The Bertz CT molecular complexity index is 670. The van der Waals surface area contributed by atoms with Crippen molar-refractivity contribution >= 4 is 28.1 Å². The van der Waals surface area contributed by atoms with Gasteiger partial charge >= 0.3 is 0 Å². The molecule has 0 fully saturated rings. The van der Waals surface area contributed by atoms with Gasteiger partial charge in [0.2, 0.25) is 0 Å². The van der Waals surface area contributed by atoms with Crippen LogP contribution >= 0.6 is 11.3 Å². The first-order valence-electron chi connectivity index (χ1n) is 8.04. The normalized spacial score (nSPS) is 12.8. The van der Waals surface area contributed by atoms with E-state index in [1.54, 1.807) is 18.4 Å². The number of guanidine groups is 1. The van der Waals surface area contributed by atoms with E-state index < -0.39 is 10.8 Å². The highest BCUT2D eigenvalue weighted by Crippen LogP contribution is 2.13. The van der Waals surface area contributed by atoms with Gasteiger partial charge in [0.15, 0.2) is 5.96 Å². The molecule has 0 spiro atoms. The fourth-order valence-corrected chi connectivity index (χ4v) is 3.93. The Kier molecular flexibility index (Phi) is 7.91. The van der Waals surface area contributed by atoms with Crippen LogP contribution in [0.3, 0.4) is 0 Å². The molecular formula is C17H24N4OS2. The maximum absolute atomic E-state index is 12.1. The summed E-state index contributed by atoms with van der Waals surface area (Å²) in [6.45, 7) is 3.53. The van der Waals surface area contributed by atoms with Crippen molar-refractivity contribution in [1.82, 2.24) is 15.6 Å². The number of hydrogen-bond donors (Lipinski definition) is 2. The first-order valence-corrected chi connectivity index (χ1v) is 10.2. The molecular weight excluding hydrogens is 340 g/mol. The smallest absolute Gasteiger partial charge is 0.191 e. The molecule has 24 heavy (non-hydrogen) atoms. The fourth-order valence-electron chi connectivity index (χ4n) is 2.09. The van der Waals surface area contributed by atoms with Crippen LogP contribution in [0.2, 0.25) is 0 Å². The van der Waals surface area contributed by atoms with Crippen molar-refractivity contribution in [1.29, 1.82) is 0 Å². The highest BCUT2D eigenvalue weighted by atomic mass is 32.2. The van der Waals surface area contributed by atoms with Crippen molar-refractivity contribution in [3.63, 3.8) is 0 Å². The van der Waals surface area contributed by atoms with Gasteiger partial charge < -0.3 is 10.6 Å². The minimum Gasteiger partial charge on any atom is -0.356 e. The molecule has 0 radical (unpaired) electrons. The Morgan fingerprint density at radius 3 is 2.67 bits per heavy atom. The Morgan fingerprint density at radius 1 is 1.25 bits per heavy atom. The van der Waals surface area contributed by atoms with E-state index in [1.807, 2.05) is 36.5 Å². The summed E-state index contributed by atoms with van der Waals surface area (Å²) < 4.78 is 12.1. The molecule has 2 N–H and O–H groups in total. The Balaban J connectivity index is 1.68. The van der Waals surface area contributed by atoms with Crippen LogP contribution in [0.25, 0.3) is 0 Å². The second-order valence-corrected chi connectivity index (χ2v) is 7.88. The lowest BCUT2D eigenvalue weighted by Gasteiger charge is -2.11. The second kappa shape index (κ2) is 10.2. The van der Waals surface area contributed by atoms with Crippen molar-refractivity contribution in [3.8, 4) is 0 Å². The number of thiazole rings is 1. The summed E-state index contributed by atoms with van der Waals surface area (Å²) in [5, 5.41) is 7.61. The highest BCUT2D eigenvalue weighted by Gasteiger charge is 2.04. The molecule has 0 aliphatic carbocycles. The number of aryl methyl sites for hydroxylation is 1. The molecule has 0 amide bonds. The maximum Gasteiger partial charge on any atom is 0.191 e. The van der Waals surface area contributed by atoms with E-state index in [0.29, 0.717) is 12.3 Å². The highest BCUT2D eigenvalue weighted by molar-refractivity contribution is 7.85. The predicted molar refractivity (Wildman–Crippen MR) is 102 cm³/mol. The molecule has 7 heteroatoms. The first kappa shape index (κ1) is 18.6. The number of nitrogens with one attached hydrogen (secondary N) is 2. The van der Waals surface area contributed by atoms with Gasteiger partial charge in [0.1, 0.15) is 0 Å². The van der Waals surface area contributed by atoms with Crippen LogP contribution in [-0.2, 0) is 23.6 Å². The van der Waals surface area contributed by atoms with Crippen molar-refractivity contribution < 1.29 is 4.21 Å². The number of rotatable bonds is 8. The Hall–Kier alpha value is -1.73. The van der Waals surface area contributed by atoms with Crippen LogP contribution in [0.15, 0.2) is 46.4 Å².